The van der Waals surface area contributed by atoms with Gasteiger partial charge in [0.2, 0.25) is 0 Å². The Morgan fingerprint density at radius 3 is 2.74 bits per heavy atom. The molecule has 2 aliphatic rings. The van der Waals surface area contributed by atoms with Crippen LogP contribution in [0.1, 0.15) is 36.7 Å². The number of aliphatic hydroxyl groups is 1. The van der Waals surface area contributed by atoms with Crippen LogP contribution in [0.2, 0.25) is 0 Å². The molecule has 0 radical (unpaired) electrons. The lowest BCUT2D eigenvalue weighted by atomic mass is 9.94. The molecule has 3 rings (SSSR count). The van der Waals surface area contributed by atoms with Crippen molar-refractivity contribution in [3.63, 3.8) is 0 Å². The van der Waals surface area contributed by atoms with Gasteiger partial charge in [-0.1, -0.05) is 0 Å². The van der Waals surface area contributed by atoms with Crippen LogP contribution in [0.3, 0.4) is 0 Å². The van der Waals surface area contributed by atoms with Crippen LogP contribution < -0.4 is 0 Å². The molecule has 0 bridgehead atoms. The first-order valence-corrected chi connectivity index (χ1v) is 8.57. The highest BCUT2D eigenvalue weighted by atomic mass is 19.3. The topological polar surface area (TPSA) is 87.8 Å². The lowest BCUT2D eigenvalue weighted by Crippen LogP contribution is -2.42. The fourth-order valence-electron chi connectivity index (χ4n) is 3.70. The van der Waals surface area contributed by atoms with Gasteiger partial charge < -0.3 is 19.8 Å². The second-order valence-corrected chi connectivity index (χ2v) is 7.23. The van der Waals surface area contributed by atoms with E-state index in [4.69, 9.17) is 4.74 Å². The van der Waals surface area contributed by atoms with E-state index in [1.54, 1.807) is 6.92 Å². The van der Waals surface area contributed by atoms with Crippen LogP contribution in [-0.2, 0) is 30.2 Å². The van der Waals surface area contributed by atoms with Gasteiger partial charge in [0.1, 0.15) is 17.9 Å². The fourth-order valence-corrected chi connectivity index (χ4v) is 3.70. The summed E-state index contributed by atoms with van der Waals surface area (Å²) >= 11 is 0. The Morgan fingerprint density at radius 2 is 2.11 bits per heavy atom. The maximum atomic E-state index is 14.8. The van der Waals surface area contributed by atoms with Crippen molar-refractivity contribution in [2.45, 2.75) is 63.3 Å². The first kappa shape index (κ1) is 19.9. The van der Waals surface area contributed by atoms with Crippen LogP contribution in [0.4, 0.5) is 22.4 Å². The molecule has 11 heteroatoms. The predicted octanol–water partition coefficient (Wildman–Crippen LogP) is 2.21. The van der Waals surface area contributed by atoms with Crippen molar-refractivity contribution in [1.82, 2.24) is 14.7 Å². The summed E-state index contributed by atoms with van der Waals surface area (Å²) in [6.45, 7) is -0.303. The zero-order valence-electron chi connectivity index (χ0n) is 14.7. The number of fused-ring (bicyclic) bond motifs is 3. The predicted molar refractivity (Wildman–Crippen MR) is 83.9 cm³/mol. The van der Waals surface area contributed by atoms with Gasteiger partial charge in [-0.3, -0.25) is 4.68 Å². The highest BCUT2D eigenvalue weighted by molar-refractivity contribution is 5.66. The summed E-state index contributed by atoms with van der Waals surface area (Å²) in [5, 5.41) is 24.1. The van der Waals surface area contributed by atoms with Crippen molar-refractivity contribution in [2.24, 2.45) is 0 Å². The molecule has 2 atom stereocenters. The second kappa shape index (κ2) is 6.93. The van der Waals surface area contributed by atoms with E-state index in [2.05, 4.69) is 5.10 Å². The number of halogens is 4. The number of carbonyl (C=O) groups is 1. The van der Waals surface area contributed by atoms with Gasteiger partial charge in [-0.15, -0.1) is 0 Å². The van der Waals surface area contributed by atoms with Gasteiger partial charge in [0, 0.05) is 24.4 Å². The van der Waals surface area contributed by atoms with Crippen molar-refractivity contribution in [1.29, 1.82) is 0 Å². The molecular weight excluding hydrogens is 374 g/mol. The average molecular weight is 395 g/mol. The Balaban J connectivity index is 1.92. The number of carboxylic acid groups (broad SMARTS) is 1. The maximum Gasteiger partial charge on any atom is 0.407 e. The van der Waals surface area contributed by atoms with E-state index in [1.807, 2.05) is 0 Å². The molecule has 0 saturated carbocycles. The standard InChI is InChI=1S/C16H21F4N3O4/c1-9-4-11-10(5-22(9)14(24)25)13-16(19,20)3-2-15(26,7-23(13)21-11)8-27-6-12(17)18/h9,12,26H,2-8H2,1H3,(H,24,25)/t9-,15?/m1/s1. The minimum atomic E-state index is -3.33. The highest BCUT2D eigenvalue weighted by Gasteiger charge is 2.48. The van der Waals surface area contributed by atoms with E-state index >= 15 is 0 Å². The molecule has 2 N–H and O–H groups in total. The molecule has 2 aliphatic heterocycles. The molecule has 1 aromatic rings. The minimum absolute atomic E-state index is 0.151. The van der Waals surface area contributed by atoms with Crippen LogP contribution in [0.5, 0.6) is 0 Å². The molecule has 1 unspecified atom stereocenters. The number of hydrogen-bond donors (Lipinski definition) is 2. The maximum absolute atomic E-state index is 14.8. The number of nitrogens with zero attached hydrogens (tertiary/aromatic N) is 3. The van der Waals surface area contributed by atoms with Crippen molar-refractivity contribution in [2.75, 3.05) is 13.2 Å². The number of alkyl halides is 4. The third kappa shape index (κ3) is 3.88. The molecule has 3 heterocycles. The zero-order chi connectivity index (χ0) is 20.0. The van der Waals surface area contributed by atoms with Crippen LogP contribution in [-0.4, -0.2) is 62.3 Å². The third-order valence-electron chi connectivity index (χ3n) is 5.04. The lowest BCUT2D eigenvalue weighted by molar-refractivity contribution is -0.0927. The molecule has 1 aromatic heterocycles. The van der Waals surface area contributed by atoms with Gasteiger partial charge in [0.15, 0.2) is 0 Å². The summed E-state index contributed by atoms with van der Waals surface area (Å²) in [5.74, 6) is -3.33. The molecular formula is C16H21F4N3O4. The smallest absolute Gasteiger partial charge is 0.407 e. The summed E-state index contributed by atoms with van der Waals surface area (Å²) in [6.07, 6.45) is -4.83. The first-order valence-electron chi connectivity index (χ1n) is 8.57. The van der Waals surface area contributed by atoms with Crippen LogP contribution in [0.15, 0.2) is 0 Å². The number of amides is 1. The van der Waals surface area contributed by atoms with Crippen molar-refractivity contribution in [3.8, 4) is 0 Å². The first-order chi connectivity index (χ1) is 12.5. The highest BCUT2D eigenvalue weighted by Crippen LogP contribution is 2.43. The van der Waals surface area contributed by atoms with Gasteiger partial charge in [0.05, 0.1) is 25.4 Å². The number of rotatable bonds is 4. The molecule has 1 amide bonds. The van der Waals surface area contributed by atoms with E-state index in [0.717, 1.165) is 9.58 Å². The Bertz CT molecular complexity index is 727. The molecule has 152 valence electrons. The largest absolute Gasteiger partial charge is 0.465 e. The number of hydrogen-bond acceptors (Lipinski definition) is 4. The summed E-state index contributed by atoms with van der Waals surface area (Å²) < 4.78 is 59.9. The molecule has 0 aliphatic carbocycles. The Hall–Kier alpha value is -1.88. The van der Waals surface area contributed by atoms with Gasteiger partial charge in [0.25, 0.3) is 12.3 Å². The van der Waals surface area contributed by atoms with Gasteiger partial charge in [-0.25, -0.2) is 13.6 Å². The van der Waals surface area contributed by atoms with Crippen LogP contribution >= 0.6 is 0 Å². The van der Waals surface area contributed by atoms with Gasteiger partial charge in [-0.2, -0.15) is 13.9 Å². The monoisotopic (exact) mass is 395 g/mol. The van der Waals surface area contributed by atoms with Crippen molar-refractivity contribution in [3.05, 3.63) is 17.0 Å². The Labute approximate surface area is 152 Å². The minimum Gasteiger partial charge on any atom is -0.465 e. The van der Waals surface area contributed by atoms with E-state index in [1.165, 1.54) is 0 Å². The van der Waals surface area contributed by atoms with Gasteiger partial charge >= 0.3 is 6.09 Å². The molecule has 0 fully saturated rings. The van der Waals surface area contributed by atoms with Crippen molar-refractivity contribution < 1.29 is 37.3 Å². The summed E-state index contributed by atoms with van der Waals surface area (Å²) in [5.41, 5.74) is -1.66. The third-order valence-corrected chi connectivity index (χ3v) is 5.04. The molecule has 7 nitrogen and oxygen atoms in total. The Morgan fingerprint density at radius 1 is 1.41 bits per heavy atom. The zero-order valence-corrected chi connectivity index (χ0v) is 14.7. The SMILES string of the molecule is C[C@@H]1Cc2nn3c(c2CN1C(=O)O)C(F)(F)CCC(O)(COCC(F)F)C3. The molecule has 27 heavy (non-hydrogen) atoms. The van der Waals surface area contributed by atoms with Crippen LogP contribution in [0.25, 0.3) is 0 Å². The number of aromatic nitrogens is 2. The lowest BCUT2D eigenvalue weighted by Gasteiger charge is -2.31. The number of ether oxygens (including phenoxy) is 1. The quantitative estimate of drug-likeness (QED) is 0.764. The van der Waals surface area contributed by atoms with E-state index < -0.39 is 55.4 Å². The van der Waals surface area contributed by atoms with E-state index in [-0.39, 0.29) is 31.5 Å². The van der Waals surface area contributed by atoms with E-state index in [0.29, 0.717) is 5.69 Å². The normalized spacial score (nSPS) is 27.2. The molecule has 0 aromatic carbocycles. The van der Waals surface area contributed by atoms with E-state index in [9.17, 15) is 32.6 Å². The summed E-state index contributed by atoms with van der Waals surface area (Å²) in [6, 6.07) is -0.420. The molecule has 0 saturated heterocycles. The van der Waals surface area contributed by atoms with Crippen molar-refractivity contribution >= 4 is 6.09 Å². The van der Waals surface area contributed by atoms with Crippen LogP contribution in [0, 0.1) is 0 Å². The summed E-state index contributed by atoms with van der Waals surface area (Å²) in [4.78, 5) is 12.4. The molecule has 0 spiro atoms. The average Bonchev–Trinajstić information content (AvgIpc) is 2.84. The second-order valence-electron chi connectivity index (χ2n) is 7.23. The summed E-state index contributed by atoms with van der Waals surface area (Å²) in [7, 11) is 0. The van der Waals surface area contributed by atoms with Gasteiger partial charge in [-0.05, 0) is 13.3 Å². The fraction of sp³-hybridized carbons (Fsp3) is 0.750. The Kier molecular flexibility index (Phi) is 5.10.